The van der Waals surface area contributed by atoms with E-state index in [0.29, 0.717) is 0 Å². The summed E-state index contributed by atoms with van der Waals surface area (Å²) in [5, 5.41) is 0.348. The highest BCUT2D eigenvalue weighted by molar-refractivity contribution is 8.08. The maximum absolute atomic E-state index is 10.7. The zero-order valence-electron chi connectivity index (χ0n) is 5.55. The zero-order valence-corrected chi connectivity index (χ0v) is 7.18. The minimum absolute atomic E-state index is 0.405. The first-order chi connectivity index (χ1) is 4.81. The van der Waals surface area contributed by atoms with Gasteiger partial charge >= 0.3 is 0 Å². The highest BCUT2D eigenvalue weighted by Gasteiger charge is 2.20. The normalized spacial score (nSPS) is 21.7. The van der Waals surface area contributed by atoms with Crippen LogP contribution in [-0.2, 0) is 19.9 Å². The number of hydrogen-bond donors (Lipinski definition) is 0. The molecule has 0 spiro atoms. The van der Waals surface area contributed by atoms with Gasteiger partial charge in [0, 0.05) is 6.26 Å². The Kier molecular flexibility index (Phi) is 1.64. The fraction of sp³-hybridized carbons (Fsp3) is 0.250. The van der Waals surface area contributed by atoms with Crippen LogP contribution in [-0.4, -0.2) is 28.1 Å². The average Bonchev–Trinajstić information content (AvgIpc) is 2.07. The van der Waals surface area contributed by atoms with Gasteiger partial charge in [-0.15, -0.1) is 4.40 Å². The molecule has 0 amide bonds. The SMILES string of the molecule is CS(=O)(=O)C1=NS(=O)(=O)C=C1. The van der Waals surface area contributed by atoms with E-state index < -0.39 is 24.9 Å². The summed E-state index contributed by atoms with van der Waals surface area (Å²) in [6.45, 7) is 0. The van der Waals surface area contributed by atoms with Gasteiger partial charge in [-0.1, -0.05) is 0 Å². The average molecular weight is 195 g/mol. The molecule has 5 nitrogen and oxygen atoms in total. The Balaban J connectivity index is 3.30. The van der Waals surface area contributed by atoms with Crippen LogP contribution in [0.4, 0.5) is 0 Å². The zero-order chi connectivity index (χ0) is 8.70. The topological polar surface area (TPSA) is 80.6 Å². The van der Waals surface area contributed by atoms with Crippen molar-refractivity contribution >= 4 is 24.9 Å². The monoisotopic (exact) mass is 195 g/mol. The van der Waals surface area contributed by atoms with E-state index in [2.05, 4.69) is 4.40 Å². The molecule has 1 aliphatic rings. The Labute approximate surface area is 64.4 Å². The Morgan fingerprint density at radius 2 is 2.00 bits per heavy atom. The minimum Gasteiger partial charge on any atom is -0.222 e. The third-order valence-corrected chi connectivity index (χ3v) is 3.01. The van der Waals surface area contributed by atoms with Gasteiger partial charge in [-0.05, 0) is 6.08 Å². The van der Waals surface area contributed by atoms with Crippen LogP contribution in [0.25, 0.3) is 0 Å². The maximum atomic E-state index is 10.7. The first-order valence-electron chi connectivity index (χ1n) is 2.54. The first-order valence-corrected chi connectivity index (χ1v) is 5.94. The quantitative estimate of drug-likeness (QED) is 0.511. The molecule has 0 atom stereocenters. The summed E-state index contributed by atoms with van der Waals surface area (Å²) in [5.74, 6) is 0. The summed E-state index contributed by atoms with van der Waals surface area (Å²) in [5.41, 5.74) is 0. The van der Waals surface area contributed by atoms with Crippen LogP contribution in [0.5, 0.6) is 0 Å². The maximum Gasteiger partial charge on any atom is 0.276 e. The van der Waals surface area contributed by atoms with E-state index >= 15 is 0 Å². The van der Waals surface area contributed by atoms with Crippen molar-refractivity contribution in [3.8, 4) is 0 Å². The lowest BCUT2D eigenvalue weighted by atomic mass is 10.7. The van der Waals surface area contributed by atoms with Crippen LogP contribution >= 0.6 is 0 Å². The van der Waals surface area contributed by atoms with Crippen LogP contribution in [0.15, 0.2) is 15.9 Å². The number of sulfonamides is 1. The molecule has 0 radical (unpaired) electrons. The smallest absolute Gasteiger partial charge is 0.222 e. The molecule has 0 aliphatic carbocycles. The molecule has 0 saturated carbocycles. The minimum atomic E-state index is -3.65. The van der Waals surface area contributed by atoms with Gasteiger partial charge in [0.05, 0.1) is 5.41 Å². The number of nitrogens with zero attached hydrogens (tertiary/aromatic N) is 1. The molecule has 11 heavy (non-hydrogen) atoms. The van der Waals surface area contributed by atoms with E-state index in [1.54, 1.807) is 0 Å². The molecule has 1 aliphatic heterocycles. The molecule has 1 rings (SSSR count). The largest absolute Gasteiger partial charge is 0.276 e. The standard InChI is InChI=1S/C4H5NO4S2/c1-10(6,7)4-2-3-11(8,9)5-4/h2-3H,1H3. The van der Waals surface area contributed by atoms with Crippen LogP contribution in [0, 0.1) is 0 Å². The summed E-state index contributed by atoms with van der Waals surface area (Å²) >= 11 is 0. The summed E-state index contributed by atoms with van der Waals surface area (Å²) in [7, 11) is -7.14. The molecule has 0 saturated heterocycles. The molecule has 0 aromatic heterocycles. The molecular weight excluding hydrogens is 190 g/mol. The van der Waals surface area contributed by atoms with Crippen molar-refractivity contribution < 1.29 is 16.8 Å². The van der Waals surface area contributed by atoms with Crippen molar-refractivity contribution in [3.63, 3.8) is 0 Å². The third kappa shape index (κ3) is 1.87. The fourth-order valence-electron chi connectivity index (χ4n) is 0.522. The van der Waals surface area contributed by atoms with Crippen molar-refractivity contribution in [2.24, 2.45) is 4.40 Å². The fourth-order valence-corrected chi connectivity index (χ4v) is 2.45. The van der Waals surface area contributed by atoms with E-state index in [1.807, 2.05) is 0 Å². The van der Waals surface area contributed by atoms with Crippen molar-refractivity contribution in [2.45, 2.75) is 0 Å². The highest BCUT2D eigenvalue weighted by atomic mass is 32.2. The molecule has 0 aromatic carbocycles. The highest BCUT2D eigenvalue weighted by Crippen LogP contribution is 2.08. The molecule has 7 heteroatoms. The number of hydrogen-bond acceptors (Lipinski definition) is 4. The van der Waals surface area contributed by atoms with Crippen LogP contribution < -0.4 is 0 Å². The Morgan fingerprint density at radius 1 is 1.45 bits per heavy atom. The predicted molar refractivity (Wildman–Crippen MR) is 40.3 cm³/mol. The second kappa shape index (κ2) is 2.15. The van der Waals surface area contributed by atoms with E-state index in [1.165, 1.54) is 0 Å². The summed E-state index contributed by atoms with van der Waals surface area (Å²) in [4.78, 5) is 0. The van der Waals surface area contributed by atoms with Gasteiger partial charge in [-0.25, -0.2) is 8.42 Å². The van der Waals surface area contributed by atoms with E-state index in [-0.39, 0.29) is 0 Å². The Hall–Kier alpha value is -0.690. The molecular formula is C4H5NO4S2. The molecule has 0 aromatic rings. The predicted octanol–water partition coefficient (Wildman–Crippen LogP) is -0.713. The second-order valence-corrected chi connectivity index (χ2v) is 5.47. The van der Waals surface area contributed by atoms with Crippen LogP contribution in [0.2, 0.25) is 0 Å². The molecule has 1 heterocycles. The first kappa shape index (κ1) is 8.41. The van der Waals surface area contributed by atoms with E-state index in [4.69, 9.17) is 0 Å². The van der Waals surface area contributed by atoms with Gasteiger partial charge in [0.1, 0.15) is 0 Å². The molecule has 0 unspecified atom stereocenters. The molecule has 62 valence electrons. The second-order valence-electron chi connectivity index (χ2n) is 2.02. The van der Waals surface area contributed by atoms with Gasteiger partial charge in [0.2, 0.25) is 0 Å². The van der Waals surface area contributed by atoms with Crippen LogP contribution in [0.3, 0.4) is 0 Å². The van der Waals surface area contributed by atoms with Gasteiger partial charge in [0.15, 0.2) is 14.9 Å². The van der Waals surface area contributed by atoms with Gasteiger partial charge in [-0.2, -0.15) is 8.42 Å². The Bertz CT molecular complexity index is 425. The molecule has 0 bridgehead atoms. The van der Waals surface area contributed by atoms with Crippen molar-refractivity contribution in [1.82, 2.24) is 0 Å². The number of rotatable bonds is 0. The summed E-state index contributed by atoms with van der Waals surface area (Å²) in [6, 6.07) is 0. The lowest BCUT2D eigenvalue weighted by Gasteiger charge is -1.88. The lowest BCUT2D eigenvalue weighted by Crippen LogP contribution is -2.07. The molecule has 0 N–H and O–H groups in total. The van der Waals surface area contributed by atoms with Crippen molar-refractivity contribution in [1.29, 1.82) is 0 Å². The van der Waals surface area contributed by atoms with Crippen LogP contribution in [0.1, 0.15) is 0 Å². The summed E-state index contributed by atoms with van der Waals surface area (Å²) in [6.07, 6.45) is 1.86. The van der Waals surface area contributed by atoms with E-state index in [0.717, 1.165) is 17.7 Å². The lowest BCUT2D eigenvalue weighted by molar-refractivity contribution is 0.605. The van der Waals surface area contributed by atoms with Gasteiger partial charge in [0.25, 0.3) is 10.0 Å². The van der Waals surface area contributed by atoms with Gasteiger partial charge in [-0.3, -0.25) is 0 Å². The third-order valence-electron chi connectivity index (χ3n) is 0.980. The van der Waals surface area contributed by atoms with E-state index in [9.17, 15) is 16.8 Å². The van der Waals surface area contributed by atoms with Gasteiger partial charge < -0.3 is 0 Å². The van der Waals surface area contributed by atoms with Crippen molar-refractivity contribution in [2.75, 3.05) is 6.26 Å². The Morgan fingerprint density at radius 3 is 2.18 bits per heavy atom. The summed E-state index contributed by atoms with van der Waals surface area (Å²) < 4.78 is 45.4. The van der Waals surface area contributed by atoms with Crippen molar-refractivity contribution in [3.05, 3.63) is 11.5 Å². The number of sulfone groups is 1. The molecule has 0 fully saturated rings.